The molecule has 7 nitrogen and oxygen atoms in total. The van der Waals surface area contributed by atoms with Crippen LogP contribution in [0.2, 0.25) is 5.02 Å². The highest BCUT2D eigenvalue weighted by atomic mass is 35.5. The van der Waals surface area contributed by atoms with Crippen molar-refractivity contribution in [1.82, 2.24) is 19.6 Å². The zero-order chi connectivity index (χ0) is 20.9. The lowest BCUT2D eigenvalue weighted by Crippen LogP contribution is -2.39. The second-order valence-electron chi connectivity index (χ2n) is 7.07. The van der Waals surface area contributed by atoms with Gasteiger partial charge in [0.05, 0.1) is 5.69 Å². The molecule has 1 aliphatic heterocycles. The Bertz CT molecular complexity index is 1020. The van der Waals surface area contributed by atoms with Crippen molar-refractivity contribution in [1.29, 1.82) is 0 Å². The molecular weight excluding hydrogens is 402 g/mol. The molecule has 0 spiro atoms. The number of rotatable bonds is 3. The first kappa shape index (κ1) is 20.0. The molecule has 0 unspecified atom stereocenters. The summed E-state index contributed by atoms with van der Waals surface area (Å²) in [6.45, 7) is 2.17. The predicted molar refractivity (Wildman–Crippen MR) is 116 cm³/mol. The van der Waals surface area contributed by atoms with Crippen LogP contribution in [-0.2, 0) is 0 Å². The highest BCUT2D eigenvalue weighted by Crippen LogP contribution is 2.17. The molecule has 0 aliphatic carbocycles. The molecule has 1 fully saturated rings. The van der Waals surface area contributed by atoms with Gasteiger partial charge in [0, 0.05) is 54.8 Å². The van der Waals surface area contributed by atoms with E-state index in [1.165, 1.54) is 0 Å². The molecule has 4 rings (SSSR count). The minimum atomic E-state index is -0.185. The molecule has 2 aromatic carbocycles. The van der Waals surface area contributed by atoms with Gasteiger partial charge in [-0.3, -0.25) is 4.79 Å². The molecule has 2 heterocycles. The minimum Gasteiger partial charge on any atom is -0.337 e. The van der Waals surface area contributed by atoms with Gasteiger partial charge in [0.25, 0.3) is 5.91 Å². The first-order valence-corrected chi connectivity index (χ1v) is 10.2. The summed E-state index contributed by atoms with van der Waals surface area (Å²) in [7, 11) is 0. The Morgan fingerprint density at radius 2 is 1.70 bits per heavy atom. The number of anilines is 1. The molecule has 30 heavy (non-hydrogen) atoms. The molecular formula is C22H22ClN5O2. The topological polar surface area (TPSA) is 70.5 Å². The van der Waals surface area contributed by atoms with Crippen LogP contribution < -0.4 is 5.32 Å². The molecule has 1 aliphatic rings. The molecule has 3 amide bonds. The fourth-order valence-corrected chi connectivity index (χ4v) is 3.64. The van der Waals surface area contributed by atoms with Crippen molar-refractivity contribution in [2.45, 2.75) is 6.42 Å². The first-order valence-electron chi connectivity index (χ1n) is 9.81. The van der Waals surface area contributed by atoms with Crippen LogP contribution in [0.15, 0.2) is 67.0 Å². The molecule has 154 valence electrons. The molecule has 0 atom stereocenters. The summed E-state index contributed by atoms with van der Waals surface area (Å²) in [6, 6.07) is 16.1. The number of halogens is 1. The number of nitrogens with zero attached hydrogens (tertiary/aromatic N) is 4. The first-order chi connectivity index (χ1) is 14.6. The van der Waals surface area contributed by atoms with Crippen LogP contribution in [0.1, 0.15) is 16.8 Å². The monoisotopic (exact) mass is 423 g/mol. The average Bonchev–Trinajstić information content (AvgIpc) is 3.18. The molecule has 0 saturated carbocycles. The van der Waals surface area contributed by atoms with Gasteiger partial charge >= 0.3 is 6.03 Å². The Morgan fingerprint density at radius 3 is 2.43 bits per heavy atom. The van der Waals surface area contributed by atoms with Gasteiger partial charge in [-0.1, -0.05) is 17.7 Å². The third kappa shape index (κ3) is 4.63. The van der Waals surface area contributed by atoms with Gasteiger partial charge in [-0.2, -0.15) is 5.10 Å². The summed E-state index contributed by atoms with van der Waals surface area (Å²) in [4.78, 5) is 29.0. The standard InChI is InChI=1S/C22H22ClN5O2/c23-18-4-1-5-19(16-18)25-22(30)27-12-3-11-26(14-15-27)21(29)17-6-8-20(9-7-17)28-13-2-10-24-28/h1-2,4-10,13,16H,3,11-12,14-15H2,(H,25,30). The van der Waals surface area contributed by atoms with Gasteiger partial charge in [-0.05, 0) is 55.0 Å². The number of aromatic nitrogens is 2. The van der Waals surface area contributed by atoms with E-state index in [0.717, 1.165) is 12.1 Å². The largest absolute Gasteiger partial charge is 0.337 e. The maximum Gasteiger partial charge on any atom is 0.321 e. The van der Waals surface area contributed by atoms with Gasteiger partial charge in [0.2, 0.25) is 0 Å². The van der Waals surface area contributed by atoms with E-state index in [4.69, 9.17) is 11.6 Å². The van der Waals surface area contributed by atoms with E-state index >= 15 is 0 Å². The van der Waals surface area contributed by atoms with Crippen LogP contribution in [-0.4, -0.2) is 57.7 Å². The lowest BCUT2D eigenvalue weighted by Gasteiger charge is -2.22. The number of nitrogens with one attached hydrogen (secondary N) is 1. The number of hydrogen-bond donors (Lipinski definition) is 1. The average molecular weight is 424 g/mol. The summed E-state index contributed by atoms with van der Waals surface area (Å²) in [6.07, 6.45) is 4.29. The Labute approximate surface area is 179 Å². The number of carbonyl (C=O) groups is 2. The summed E-state index contributed by atoms with van der Waals surface area (Å²) in [5, 5.41) is 7.63. The van der Waals surface area contributed by atoms with Crippen molar-refractivity contribution < 1.29 is 9.59 Å². The van der Waals surface area contributed by atoms with E-state index in [2.05, 4.69) is 10.4 Å². The summed E-state index contributed by atoms with van der Waals surface area (Å²) >= 11 is 5.98. The Kier molecular flexibility index (Phi) is 5.99. The van der Waals surface area contributed by atoms with Crippen LogP contribution in [0, 0.1) is 0 Å². The van der Waals surface area contributed by atoms with E-state index in [0.29, 0.717) is 42.5 Å². The van der Waals surface area contributed by atoms with Crippen molar-refractivity contribution in [3.8, 4) is 5.69 Å². The van der Waals surface area contributed by atoms with Gasteiger partial charge in [0.15, 0.2) is 0 Å². The van der Waals surface area contributed by atoms with Crippen molar-refractivity contribution in [3.63, 3.8) is 0 Å². The second-order valence-corrected chi connectivity index (χ2v) is 7.51. The van der Waals surface area contributed by atoms with Gasteiger partial charge in [0.1, 0.15) is 0 Å². The zero-order valence-corrected chi connectivity index (χ0v) is 17.1. The molecule has 1 N–H and O–H groups in total. The summed E-state index contributed by atoms with van der Waals surface area (Å²) in [5.41, 5.74) is 2.18. The van der Waals surface area contributed by atoms with E-state index in [1.807, 2.05) is 36.5 Å². The third-order valence-corrected chi connectivity index (χ3v) is 5.26. The van der Waals surface area contributed by atoms with Gasteiger partial charge in [-0.15, -0.1) is 0 Å². The van der Waals surface area contributed by atoms with E-state index in [9.17, 15) is 9.59 Å². The fraction of sp³-hybridized carbons (Fsp3) is 0.227. The van der Waals surface area contributed by atoms with Crippen molar-refractivity contribution in [2.24, 2.45) is 0 Å². The molecule has 1 aromatic heterocycles. The van der Waals surface area contributed by atoms with Crippen LogP contribution >= 0.6 is 11.6 Å². The Morgan fingerprint density at radius 1 is 0.933 bits per heavy atom. The Hall–Kier alpha value is -3.32. The van der Waals surface area contributed by atoms with E-state index in [-0.39, 0.29) is 11.9 Å². The zero-order valence-electron chi connectivity index (χ0n) is 16.4. The van der Waals surface area contributed by atoms with Crippen LogP contribution in [0.4, 0.5) is 10.5 Å². The van der Waals surface area contributed by atoms with Crippen molar-refractivity contribution in [3.05, 3.63) is 77.6 Å². The van der Waals surface area contributed by atoms with Crippen molar-refractivity contribution >= 4 is 29.2 Å². The van der Waals surface area contributed by atoms with E-state index < -0.39 is 0 Å². The maximum atomic E-state index is 12.9. The smallest absolute Gasteiger partial charge is 0.321 e. The maximum absolute atomic E-state index is 12.9. The van der Waals surface area contributed by atoms with Crippen LogP contribution in [0.3, 0.4) is 0 Å². The third-order valence-electron chi connectivity index (χ3n) is 5.03. The molecule has 1 saturated heterocycles. The Balaban J connectivity index is 1.36. The molecule has 3 aromatic rings. The lowest BCUT2D eigenvalue weighted by molar-refractivity contribution is 0.0762. The highest BCUT2D eigenvalue weighted by molar-refractivity contribution is 6.30. The fourth-order valence-electron chi connectivity index (χ4n) is 3.45. The van der Waals surface area contributed by atoms with Gasteiger partial charge in [-0.25, -0.2) is 9.48 Å². The number of hydrogen-bond acceptors (Lipinski definition) is 3. The quantitative estimate of drug-likeness (QED) is 0.694. The number of urea groups is 1. The number of benzene rings is 2. The normalized spacial score (nSPS) is 14.3. The summed E-state index contributed by atoms with van der Waals surface area (Å²) < 4.78 is 1.75. The SMILES string of the molecule is O=C(Nc1cccc(Cl)c1)N1CCCN(C(=O)c2ccc(-n3cccn3)cc2)CC1. The number of carbonyl (C=O) groups excluding carboxylic acids is 2. The lowest BCUT2D eigenvalue weighted by atomic mass is 10.1. The molecule has 0 radical (unpaired) electrons. The molecule has 8 heteroatoms. The van der Waals surface area contributed by atoms with Gasteiger partial charge < -0.3 is 15.1 Å². The second kappa shape index (κ2) is 9.00. The predicted octanol–water partition coefficient (Wildman–Crippen LogP) is 3.91. The highest BCUT2D eigenvalue weighted by Gasteiger charge is 2.23. The van der Waals surface area contributed by atoms with Crippen LogP contribution in [0.25, 0.3) is 5.69 Å². The van der Waals surface area contributed by atoms with Crippen LogP contribution in [0.5, 0.6) is 0 Å². The van der Waals surface area contributed by atoms with Crippen molar-refractivity contribution in [2.75, 3.05) is 31.5 Å². The number of amides is 3. The van der Waals surface area contributed by atoms with E-state index in [1.54, 1.807) is 44.9 Å². The minimum absolute atomic E-state index is 0.0286. The molecule has 0 bridgehead atoms. The summed E-state index contributed by atoms with van der Waals surface area (Å²) in [5.74, 6) is -0.0286.